The standard InChI is InChI=1S/C31H39ClFN7O4.C5H10O/c1-4-12-43-13-11-40(17-41)28-23-27(37-30(38-28)44-16-31-8-5-7-21(31)34-10-6-9-31)25(33)26(36-29(23)42-3)22-19-15-35-39-20(19)14-18(2)24(22)32;1-2-4-6-5-3-1/h14-15,21,34,41H,4-13,16-17H2,1-3H3,(H,35,39);1-5H2. The fourth-order valence-electron chi connectivity index (χ4n) is 7.42. The number of halogens is 2. The van der Waals surface area contributed by atoms with Crippen molar-refractivity contribution in [3.8, 4) is 23.1 Å². The molecule has 0 bridgehead atoms. The van der Waals surface area contributed by atoms with Crippen molar-refractivity contribution in [2.45, 2.75) is 77.7 Å². The molecule has 50 heavy (non-hydrogen) atoms. The molecule has 3 fully saturated rings. The molecular formula is C36H49ClFN7O5. The molecule has 14 heteroatoms. The molecule has 2 aliphatic heterocycles. The average Bonchev–Trinajstić information content (AvgIpc) is 3.80. The minimum atomic E-state index is -0.708. The molecule has 1 saturated carbocycles. The molecule has 272 valence electrons. The van der Waals surface area contributed by atoms with Crippen LogP contribution in [0.1, 0.15) is 70.3 Å². The van der Waals surface area contributed by atoms with E-state index in [0.29, 0.717) is 53.9 Å². The fraction of sp³-hybridized carbons (Fsp3) is 0.611. The van der Waals surface area contributed by atoms with Crippen molar-refractivity contribution in [2.75, 3.05) is 64.9 Å². The van der Waals surface area contributed by atoms with Gasteiger partial charge in [0.05, 0.1) is 37.1 Å². The molecule has 3 N–H and O–H groups in total. The van der Waals surface area contributed by atoms with Gasteiger partial charge < -0.3 is 34.3 Å². The number of nitrogens with zero attached hydrogens (tertiary/aromatic N) is 5. The van der Waals surface area contributed by atoms with Gasteiger partial charge in [-0.2, -0.15) is 15.1 Å². The monoisotopic (exact) mass is 713 g/mol. The maximum atomic E-state index is 16.8. The first-order valence-electron chi connectivity index (χ1n) is 17.9. The number of hydrogen-bond donors (Lipinski definition) is 3. The van der Waals surface area contributed by atoms with E-state index in [1.807, 2.05) is 19.9 Å². The first-order chi connectivity index (χ1) is 24.4. The van der Waals surface area contributed by atoms with Gasteiger partial charge in [-0.05, 0) is 76.5 Å². The second-order valence-electron chi connectivity index (χ2n) is 13.4. The van der Waals surface area contributed by atoms with E-state index < -0.39 is 12.5 Å². The van der Waals surface area contributed by atoms with Crippen molar-refractivity contribution in [3.63, 3.8) is 0 Å². The van der Waals surface area contributed by atoms with Crippen LogP contribution in [-0.4, -0.2) is 96.3 Å². The first-order valence-corrected chi connectivity index (χ1v) is 18.2. The zero-order valence-corrected chi connectivity index (χ0v) is 30.1. The Hall–Kier alpha value is -3.36. The van der Waals surface area contributed by atoms with E-state index in [4.69, 9.17) is 35.5 Å². The molecule has 7 rings (SSSR count). The van der Waals surface area contributed by atoms with Gasteiger partial charge in [-0.1, -0.05) is 24.9 Å². The van der Waals surface area contributed by atoms with Crippen LogP contribution in [0.3, 0.4) is 0 Å². The van der Waals surface area contributed by atoms with Crippen LogP contribution in [0.2, 0.25) is 5.02 Å². The molecule has 2 atom stereocenters. The highest BCUT2D eigenvalue weighted by molar-refractivity contribution is 6.35. The Kier molecular flexibility index (Phi) is 12.2. The second-order valence-corrected chi connectivity index (χ2v) is 13.8. The zero-order valence-electron chi connectivity index (χ0n) is 29.3. The first kappa shape index (κ1) is 36.4. The summed E-state index contributed by atoms with van der Waals surface area (Å²) in [6.07, 6.45) is 11.8. The summed E-state index contributed by atoms with van der Waals surface area (Å²) in [5.74, 6) is -0.375. The Labute approximate surface area is 297 Å². The summed E-state index contributed by atoms with van der Waals surface area (Å²) in [5, 5.41) is 22.3. The van der Waals surface area contributed by atoms with Gasteiger partial charge in [-0.15, -0.1) is 0 Å². The highest BCUT2D eigenvalue weighted by Crippen LogP contribution is 2.46. The molecule has 3 aliphatic rings. The number of aromatic nitrogens is 5. The van der Waals surface area contributed by atoms with Crippen LogP contribution in [0.15, 0.2) is 12.3 Å². The lowest BCUT2D eigenvalue weighted by Crippen LogP contribution is -2.49. The van der Waals surface area contributed by atoms with E-state index in [1.54, 1.807) is 11.1 Å². The van der Waals surface area contributed by atoms with Crippen LogP contribution >= 0.6 is 11.6 Å². The van der Waals surface area contributed by atoms with Crippen LogP contribution in [0, 0.1) is 18.2 Å². The van der Waals surface area contributed by atoms with Crippen molar-refractivity contribution < 1.29 is 28.4 Å². The van der Waals surface area contributed by atoms with Crippen LogP contribution < -0.4 is 19.7 Å². The number of nitrogens with one attached hydrogen (secondary N) is 2. The number of aliphatic hydroxyl groups excluding tert-OH is 1. The van der Waals surface area contributed by atoms with E-state index in [2.05, 4.69) is 25.5 Å². The van der Waals surface area contributed by atoms with Crippen LogP contribution in [0.4, 0.5) is 10.2 Å². The van der Waals surface area contributed by atoms with Crippen molar-refractivity contribution >= 4 is 39.2 Å². The third kappa shape index (κ3) is 7.62. The Morgan fingerprint density at radius 2 is 1.94 bits per heavy atom. The summed E-state index contributed by atoms with van der Waals surface area (Å²) in [5.41, 5.74) is 1.71. The largest absolute Gasteiger partial charge is 0.480 e. The number of methoxy groups -OCH3 is 1. The maximum absolute atomic E-state index is 16.8. The highest BCUT2D eigenvalue weighted by Gasteiger charge is 2.45. The lowest BCUT2D eigenvalue weighted by molar-refractivity contribution is 0.0798. The van der Waals surface area contributed by atoms with E-state index in [0.717, 1.165) is 63.8 Å². The summed E-state index contributed by atoms with van der Waals surface area (Å²) in [4.78, 5) is 15.5. The molecule has 1 aliphatic carbocycles. The van der Waals surface area contributed by atoms with Gasteiger partial charge in [-0.25, -0.2) is 9.37 Å². The van der Waals surface area contributed by atoms with Gasteiger partial charge in [0.25, 0.3) is 0 Å². The summed E-state index contributed by atoms with van der Waals surface area (Å²) >= 11 is 6.78. The van der Waals surface area contributed by atoms with Crippen molar-refractivity contribution in [1.29, 1.82) is 0 Å². The van der Waals surface area contributed by atoms with Crippen LogP contribution in [0.25, 0.3) is 33.1 Å². The predicted octanol–water partition coefficient (Wildman–Crippen LogP) is 6.35. The number of hydrogen-bond acceptors (Lipinski definition) is 11. The lowest BCUT2D eigenvalue weighted by atomic mass is 9.76. The number of fused-ring (bicyclic) bond motifs is 3. The molecule has 5 heterocycles. The molecule has 12 nitrogen and oxygen atoms in total. The molecule has 2 saturated heterocycles. The number of piperidine rings is 1. The number of anilines is 1. The maximum Gasteiger partial charge on any atom is 0.319 e. The van der Waals surface area contributed by atoms with Crippen molar-refractivity contribution in [1.82, 2.24) is 30.5 Å². The molecule has 0 radical (unpaired) electrons. The number of aryl methyl sites for hydroxylation is 1. The fourth-order valence-corrected chi connectivity index (χ4v) is 7.67. The molecule has 4 aromatic rings. The number of aromatic amines is 1. The molecule has 1 aromatic carbocycles. The van der Waals surface area contributed by atoms with Gasteiger partial charge in [0, 0.05) is 48.8 Å². The molecule has 0 spiro atoms. The molecule has 3 aromatic heterocycles. The molecular weight excluding hydrogens is 665 g/mol. The minimum absolute atomic E-state index is 0.0212. The molecule has 2 unspecified atom stereocenters. The van der Waals surface area contributed by atoms with Crippen molar-refractivity contribution in [2.24, 2.45) is 5.41 Å². The van der Waals surface area contributed by atoms with E-state index in [1.165, 1.54) is 26.4 Å². The third-order valence-electron chi connectivity index (χ3n) is 10.0. The summed E-state index contributed by atoms with van der Waals surface area (Å²) < 4.78 is 39.7. The normalized spacial score (nSPS) is 20.4. The second kappa shape index (κ2) is 16.8. The van der Waals surface area contributed by atoms with E-state index in [-0.39, 0.29) is 39.7 Å². The Balaban J connectivity index is 0.000000652. The van der Waals surface area contributed by atoms with Gasteiger partial charge in [0.2, 0.25) is 5.88 Å². The Morgan fingerprint density at radius 1 is 1.12 bits per heavy atom. The highest BCUT2D eigenvalue weighted by atomic mass is 35.5. The topological polar surface area (TPSA) is 140 Å². The summed E-state index contributed by atoms with van der Waals surface area (Å²) in [6, 6.07) is 2.24. The number of rotatable bonds is 12. The zero-order chi connectivity index (χ0) is 35.1. The summed E-state index contributed by atoms with van der Waals surface area (Å²) in [6.45, 7) is 8.08. The van der Waals surface area contributed by atoms with E-state index in [9.17, 15) is 5.11 Å². The number of pyridine rings is 1. The van der Waals surface area contributed by atoms with Gasteiger partial charge in [0.15, 0.2) is 11.6 Å². The smallest absolute Gasteiger partial charge is 0.319 e. The quantitative estimate of drug-likeness (QED) is 0.112. The number of benzene rings is 1. The lowest BCUT2D eigenvalue weighted by Gasteiger charge is -2.39. The number of ether oxygens (including phenoxy) is 4. The number of H-pyrrole nitrogens is 1. The number of aliphatic hydroxyl groups is 1. The van der Waals surface area contributed by atoms with Crippen LogP contribution in [0.5, 0.6) is 11.9 Å². The molecule has 0 amide bonds. The van der Waals surface area contributed by atoms with Gasteiger partial charge in [-0.3, -0.25) is 5.10 Å². The Morgan fingerprint density at radius 3 is 2.66 bits per heavy atom. The van der Waals surface area contributed by atoms with Gasteiger partial charge in [0.1, 0.15) is 23.3 Å². The van der Waals surface area contributed by atoms with Gasteiger partial charge >= 0.3 is 6.01 Å². The Bertz CT molecular complexity index is 1740. The van der Waals surface area contributed by atoms with E-state index >= 15 is 4.39 Å². The van der Waals surface area contributed by atoms with Crippen LogP contribution in [-0.2, 0) is 9.47 Å². The van der Waals surface area contributed by atoms with Crippen molar-refractivity contribution in [3.05, 3.63) is 28.7 Å². The SMILES string of the molecule is C1CCOCC1.CCCOCCN(CO)c1nc(OCC23CCCNC2CCC3)nc2c(F)c(-c3c(Cl)c(C)cc4[nH]ncc34)nc(OC)c12. The predicted molar refractivity (Wildman–Crippen MR) is 192 cm³/mol. The summed E-state index contributed by atoms with van der Waals surface area (Å²) in [7, 11) is 1.45. The average molecular weight is 714 g/mol. The third-order valence-corrected chi connectivity index (χ3v) is 10.5. The minimum Gasteiger partial charge on any atom is -0.480 e.